The van der Waals surface area contributed by atoms with E-state index in [4.69, 9.17) is 14.2 Å². The first-order chi connectivity index (χ1) is 22.9. The Balaban J connectivity index is 1.65. The highest BCUT2D eigenvalue weighted by molar-refractivity contribution is 5.73. The molecule has 9 nitrogen and oxygen atoms in total. The molecule has 278 valence electrons. The van der Waals surface area contributed by atoms with Gasteiger partial charge in [-0.25, -0.2) is 0 Å². The molecule has 0 amide bonds. The molecule has 0 aromatic rings. The van der Waals surface area contributed by atoms with Gasteiger partial charge >= 0.3 is 17.9 Å². The predicted molar refractivity (Wildman–Crippen MR) is 187 cm³/mol. The fourth-order valence-electron chi connectivity index (χ4n) is 9.70. The molecule has 2 unspecified atom stereocenters. The van der Waals surface area contributed by atoms with Crippen LogP contribution in [0.4, 0.5) is 0 Å². The molecule has 2 saturated carbocycles. The van der Waals surface area contributed by atoms with Gasteiger partial charge in [0.1, 0.15) is 23.9 Å². The van der Waals surface area contributed by atoms with Gasteiger partial charge in [0, 0.05) is 30.6 Å². The summed E-state index contributed by atoms with van der Waals surface area (Å²) in [5, 5.41) is 37.7. The Morgan fingerprint density at radius 2 is 1.57 bits per heavy atom. The van der Waals surface area contributed by atoms with Crippen molar-refractivity contribution in [2.45, 2.75) is 162 Å². The Morgan fingerprint density at radius 1 is 0.980 bits per heavy atom. The number of unbranched alkanes of at least 4 members (excludes halogenated alkanes) is 8. The predicted octanol–water partition coefficient (Wildman–Crippen LogP) is 6.61. The van der Waals surface area contributed by atoms with E-state index >= 15 is 0 Å². The topological polar surface area (TPSA) is 140 Å². The van der Waals surface area contributed by atoms with Crippen molar-refractivity contribution >= 4 is 17.9 Å². The van der Waals surface area contributed by atoms with Crippen LogP contribution in [0.2, 0.25) is 0 Å². The molecule has 4 aliphatic carbocycles. The van der Waals surface area contributed by atoms with E-state index in [1.807, 2.05) is 34.6 Å². The van der Waals surface area contributed by atoms with Crippen molar-refractivity contribution in [2.75, 3.05) is 6.61 Å². The fourth-order valence-corrected chi connectivity index (χ4v) is 9.70. The quantitative estimate of drug-likeness (QED) is 0.0708. The molecule has 10 atom stereocenters. The number of hydrogen-bond donors (Lipinski definition) is 3. The number of hydrogen-bond acceptors (Lipinski definition) is 9. The minimum absolute atomic E-state index is 0.0218. The van der Waals surface area contributed by atoms with E-state index in [1.165, 1.54) is 45.4 Å². The van der Waals surface area contributed by atoms with Gasteiger partial charge in [0.25, 0.3) is 0 Å². The summed E-state index contributed by atoms with van der Waals surface area (Å²) in [7, 11) is 0. The standard InChI is InChI=1S/C40H64O9/c1-10-11-12-13-14-15-16-17-18-19-31(42)49-39-22-26(5)38-21-25(4)35(48-36(45)27(6)24(2)3)40(38,46)33(43)29(23-47-28(7)41)20-30(34(38)44)32(39)37(39,8)9/h20-21,24,26-27,30,32-35,43-44,46H,10-19,22-23H2,1-9H3/t26-,27?,30+,32-,33-,34?,35+,38+,39+,40+/m1/s1. The van der Waals surface area contributed by atoms with Gasteiger partial charge < -0.3 is 29.5 Å². The van der Waals surface area contributed by atoms with Crippen molar-refractivity contribution in [3.63, 3.8) is 0 Å². The fraction of sp³-hybridized carbons (Fsp3) is 0.825. The molecule has 3 N–H and O–H groups in total. The average Bonchev–Trinajstić information content (AvgIpc) is 3.43. The van der Waals surface area contributed by atoms with Gasteiger partial charge in [0.2, 0.25) is 0 Å². The lowest BCUT2D eigenvalue weighted by Gasteiger charge is -2.52. The number of carbonyl (C=O) groups is 3. The lowest BCUT2D eigenvalue weighted by molar-refractivity contribution is -0.227. The van der Waals surface area contributed by atoms with Crippen molar-refractivity contribution in [1.29, 1.82) is 0 Å². The zero-order valence-corrected chi connectivity index (χ0v) is 31.5. The third-order valence-corrected chi connectivity index (χ3v) is 12.9. The molecular formula is C40H64O9. The van der Waals surface area contributed by atoms with Crippen molar-refractivity contribution in [1.82, 2.24) is 0 Å². The zero-order chi connectivity index (χ0) is 36.5. The summed E-state index contributed by atoms with van der Waals surface area (Å²) in [5.41, 5.74) is -4.36. The van der Waals surface area contributed by atoms with Gasteiger partial charge in [-0.2, -0.15) is 0 Å². The van der Waals surface area contributed by atoms with E-state index in [9.17, 15) is 29.7 Å². The molecule has 4 aliphatic rings. The Morgan fingerprint density at radius 3 is 2.14 bits per heavy atom. The van der Waals surface area contributed by atoms with Crippen molar-refractivity contribution in [2.24, 2.45) is 40.4 Å². The molecule has 0 saturated heterocycles. The Bertz CT molecular complexity index is 1280. The Kier molecular flexibility index (Phi) is 12.2. The molecule has 9 heteroatoms. The summed E-state index contributed by atoms with van der Waals surface area (Å²) >= 11 is 0. The number of carbonyl (C=O) groups excluding carboxylic acids is 3. The summed E-state index contributed by atoms with van der Waals surface area (Å²) in [6, 6.07) is 0. The van der Waals surface area contributed by atoms with E-state index < -0.39 is 70.0 Å². The Hall–Kier alpha value is -2.23. The minimum Gasteiger partial charge on any atom is -0.461 e. The third-order valence-electron chi connectivity index (χ3n) is 12.9. The van der Waals surface area contributed by atoms with Crippen molar-refractivity contribution < 1.29 is 43.9 Å². The second-order valence-electron chi connectivity index (χ2n) is 16.7. The van der Waals surface area contributed by atoms with E-state index in [1.54, 1.807) is 26.0 Å². The molecule has 4 rings (SSSR count). The SMILES string of the molecule is CCCCCCCCCCCC(=O)O[C@@]12C[C@@H](C)[C@]34C=C(C)[C@H](OC(=O)C(C)C(C)C)[C@@]3(O)[C@H](O)C(COC(C)=O)=C[C@H](C4O)[C@@H]1C2(C)C. The average molecular weight is 689 g/mol. The normalized spacial score (nSPS) is 36.3. The molecule has 0 heterocycles. The molecule has 2 bridgehead atoms. The highest BCUT2D eigenvalue weighted by atomic mass is 16.6. The number of rotatable bonds is 16. The summed E-state index contributed by atoms with van der Waals surface area (Å²) < 4.78 is 17.9. The minimum atomic E-state index is -2.19. The van der Waals surface area contributed by atoms with Crippen LogP contribution in [0, 0.1) is 40.4 Å². The molecule has 0 aliphatic heterocycles. The number of aliphatic hydroxyl groups is 3. The third kappa shape index (κ3) is 6.90. The summed E-state index contributed by atoms with van der Waals surface area (Å²) in [6.45, 7) is 16.5. The van der Waals surface area contributed by atoms with Gasteiger partial charge in [-0.1, -0.05) is 112 Å². The lowest BCUT2D eigenvalue weighted by Crippen LogP contribution is -2.67. The first-order valence-corrected chi connectivity index (χ1v) is 19.0. The van der Waals surface area contributed by atoms with E-state index in [-0.39, 0.29) is 30.0 Å². The highest BCUT2D eigenvalue weighted by Gasteiger charge is 2.83. The van der Waals surface area contributed by atoms with E-state index in [0.29, 0.717) is 18.4 Å². The molecule has 0 aromatic carbocycles. The smallest absolute Gasteiger partial charge is 0.309 e. The van der Waals surface area contributed by atoms with Crippen LogP contribution in [0.15, 0.2) is 23.3 Å². The maximum atomic E-state index is 13.5. The van der Waals surface area contributed by atoms with Crippen LogP contribution in [0.5, 0.6) is 0 Å². The summed E-state index contributed by atoms with van der Waals surface area (Å²) in [4.78, 5) is 38.8. The van der Waals surface area contributed by atoms with Crippen LogP contribution in [-0.2, 0) is 28.6 Å². The zero-order valence-electron chi connectivity index (χ0n) is 31.5. The lowest BCUT2D eigenvalue weighted by atomic mass is 9.58. The second kappa shape index (κ2) is 15.2. The number of ether oxygens (including phenoxy) is 3. The van der Waals surface area contributed by atoms with Gasteiger partial charge in [-0.3, -0.25) is 14.4 Å². The molecule has 2 fully saturated rings. The molecule has 0 radical (unpaired) electrons. The van der Waals surface area contributed by atoms with Gasteiger partial charge in [-0.15, -0.1) is 0 Å². The van der Waals surface area contributed by atoms with Crippen molar-refractivity contribution in [3.8, 4) is 0 Å². The molecule has 1 spiro atoms. The van der Waals surface area contributed by atoms with Crippen LogP contribution < -0.4 is 0 Å². The van der Waals surface area contributed by atoms with E-state index in [0.717, 1.165) is 19.3 Å². The number of esters is 3. The molecular weight excluding hydrogens is 624 g/mol. The maximum Gasteiger partial charge on any atom is 0.309 e. The molecule has 49 heavy (non-hydrogen) atoms. The number of fused-ring (bicyclic) bond motifs is 3. The van der Waals surface area contributed by atoms with Crippen molar-refractivity contribution in [3.05, 3.63) is 23.3 Å². The number of aliphatic hydroxyl groups excluding tert-OH is 2. The summed E-state index contributed by atoms with van der Waals surface area (Å²) in [6.07, 6.45) is 10.3. The van der Waals surface area contributed by atoms with Crippen LogP contribution in [0.3, 0.4) is 0 Å². The van der Waals surface area contributed by atoms with Crippen LogP contribution in [0.25, 0.3) is 0 Å². The van der Waals surface area contributed by atoms with Gasteiger partial charge in [-0.05, 0) is 42.7 Å². The van der Waals surface area contributed by atoms with Crippen LogP contribution in [-0.4, -0.2) is 69.3 Å². The van der Waals surface area contributed by atoms with Gasteiger partial charge in [0.05, 0.1) is 17.4 Å². The van der Waals surface area contributed by atoms with E-state index in [2.05, 4.69) is 6.92 Å². The maximum absolute atomic E-state index is 13.5. The largest absolute Gasteiger partial charge is 0.461 e. The van der Waals surface area contributed by atoms with Gasteiger partial charge in [0.15, 0.2) is 6.10 Å². The second-order valence-corrected chi connectivity index (χ2v) is 16.7. The summed E-state index contributed by atoms with van der Waals surface area (Å²) in [5.74, 6) is -3.35. The Labute approximate surface area is 294 Å². The molecule has 0 aromatic heterocycles. The highest BCUT2D eigenvalue weighted by Crippen LogP contribution is 2.76. The first kappa shape index (κ1) is 39.6. The first-order valence-electron chi connectivity index (χ1n) is 19.0. The monoisotopic (exact) mass is 688 g/mol. The van der Waals surface area contributed by atoms with Crippen LogP contribution in [0.1, 0.15) is 133 Å². The van der Waals surface area contributed by atoms with Crippen LogP contribution >= 0.6 is 0 Å².